The number of rotatable bonds is 1. The van der Waals surface area contributed by atoms with Crippen molar-refractivity contribution in [2.24, 2.45) is 5.73 Å². The van der Waals surface area contributed by atoms with E-state index in [9.17, 15) is 18.0 Å². The highest BCUT2D eigenvalue weighted by molar-refractivity contribution is 5.94. The Labute approximate surface area is 78.5 Å². The number of halogens is 3. The molecule has 0 aromatic heterocycles. The van der Waals surface area contributed by atoms with Gasteiger partial charge in [-0.1, -0.05) is 0 Å². The summed E-state index contributed by atoms with van der Waals surface area (Å²) in [7, 11) is 0. The molecule has 76 valence electrons. The highest BCUT2D eigenvalue weighted by Crippen LogP contribution is 2.23. The van der Waals surface area contributed by atoms with E-state index in [0.717, 1.165) is 6.92 Å². The predicted octanol–water partition coefficient (Wildman–Crippen LogP) is 1.82. The lowest BCUT2D eigenvalue weighted by molar-refractivity contribution is 0.0994. The van der Waals surface area contributed by atoms with Crippen molar-refractivity contribution in [3.63, 3.8) is 0 Å². The summed E-state index contributed by atoms with van der Waals surface area (Å²) in [5.74, 6) is -4.90. The first-order chi connectivity index (χ1) is 6.37. The minimum absolute atomic E-state index is 0.270. The highest BCUT2D eigenvalue weighted by Gasteiger charge is 2.22. The van der Waals surface area contributed by atoms with E-state index in [1.165, 1.54) is 6.92 Å². The molecule has 1 aromatic rings. The smallest absolute Gasteiger partial charge is 0.252 e. The Morgan fingerprint density at radius 3 is 1.93 bits per heavy atom. The fourth-order valence-electron chi connectivity index (χ4n) is 1.22. The van der Waals surface area contributed by atoms with Crippen LogP contribution in [0, 0.1) is 31.3 Å². The quantitative estimate of drug-likeness (QED) is 0.695. The summed E-state index contributed by atoms with van der Waals surface area (Å²) in [5, 5.41) is 0. The molecule has 0 saturated carbocycles. The van der Waals surface area contributed by atoms with Crippen LogP contribution >= 0.6 is 0 Å². The highest BCUT2D eigenvalue weighted by atomic mass is 19.2. The van der Waals surface area contributed by atoms with Crippen molar-refractivity contribution < 1.29 is 18.0 Å². The first-order valence-corrected chi connectivity index (χ1v) is 3.81. The molecule has 0 saturated heterocycles. The molecule has 0 heterocycles. The zero-order chi connectivity index (χ0) is 11.0. The molecule has 0 spiro atoms. The fraction of sp³-hybridized carbons (Fsp3) is 0.222. The SMILES string of the molecule is Cc1c(F)c(C)c(C(N)=O)c(F)c1F. The molecule has 0 atom stereocenters. The molecule has 0 bridgehead atoms. The Bertz CT molecular complexity index is 386. The van der Waals surface area contributed by atoms with Gasteiger partial charge >= 0.3 is 0 Å². The minimum Gasteiger partial charge on any atom is -0.365 e. The maximum atomic E-state index is 13.2. The maximum absolute atomic E-state index is 13.2. The molecule has 0 aliphatic carbocycles. The van der Waals surface area contributed by atoms with Crippen LogP contribution in [0.25, 0.3) is 0 Å². The molecular weight excluding hydrogens is 195 g/mol. The predicted molar refractivity (Wildman–Crippen MR) is 44.3 cm³/mol. The first-order valence-electron chi connectivity index (χ1n) is 3.81. The van der Waals surface area contributed by atoms with Crippen molar-refractivity contribution in [2.75, 3.05) is 0 Å². The Morgan fingerprint density at radius 1 is 1.00 bits per heavy atom. The van der Waals surface area contributed by atoms with E-state index in [-0.39, 0.29) is 5.56 Å². The third-order valence-electron chi connectivity index (χ3n) is 2.02. The summed E-state index contributed by atoms with van der Waals surface area (Å²) in [5.41, 5.74) is 3.34. The van der Waals surface area contributed by atoms with Gasteiger partial charge in [0.1, 0.15) is 5.82 Å². The van der Waals surface area contributed by atoms with E-state index in [2.05, 4.69) is 0 Å². The second kappa shape index (κ2) is 3.32. The van der Waals surface area contributed by atoms with Crippen LogP contribution in [0.2, 0.25) is 0 Å². The van der Waals surface area contributed by atoms with Crippen LogP contribution in [0.4, 0.5) is 13.2 Å². The molecule has 0 fully saturated rings. The summed E-state index contributed by atoms with van der Waals surface area (Å²) in [6.07, 6.45) is 0. The van der Waals surface area contributed by atoms with Crippen molar-refractivity contribution in [1.29, 1.82) is 0 Å². The van der Waals surface area contributed by atoms with Gasteiger partial charge in [-0.15, -0.1) is 0 Å². The fourth-order valence-corrected chi connectivity index (χ4v) is 1.22. The molecule has 0 aliphatic heterocycles. The topological polar surface area (TPSA) is 43.1 Å². The summed E-state index contributed by atoms with van der Waals surface area (Å²) < 4.78 is 39.3. The Kier molecular flexibility index (Phi) is 2.51. The second-order valence-electron chi connectivity index (χ2n) is 2.93. The molecule has 0 aliphatic rings. The molecule has 5 heteroatoms. The van der Waals surface area contributed by atoms with Crippen LogP contribution in [0.3, 0.4) is 0 Å². The standard InChI is InChI=1S/C9H8F3NO/c1-3-5(9(13)14)8(12)7(11)4(2)6(3)10/h1-2H3,(H2,13,14). The van der Waals surface area contributed by atoms with E-state index in [1.54, 1.807) is 0 Å². The molecule has 1 aromatic carbocycles. The van der Waals surface area contributed by atoms with Gasteiger partial charge in [-0.3, -0.25) is 4.79 Å². The van der Waals surface area contributed by atoms with Gasteiger partial charge in [0.15, 0.2) is 11.6 Å². The number of carbonyl (C=O) groups is 1. The molecule has 2 nitrogen and oxygen atoms in total. The Balaban J connectivity index is 3.68. The summed E-state index contributed by atoms with van der Waals surface area (Å²) in [4.78, 5) is 10.7. The summed E-state index contributed by atoms with van der Waals surface area (Å²) >= 11 is 0. The van der Waals surface area contributed by atoms with Crippen molar-refractivity contribution in [2.45, 2.75) is 13.8 Å². The van der Waals surface area contributed by atoms with Crippen molar-refractivity contribution in [3.05, 3.63) is 34.1 Å². The van der Waals surface area contributed by atoms with Gasteiger partial charge in [-0.2, -0.15) is 0 Å². The van der Waals surface area contributed by atoms with Crippen LogP contribution < -0.4 is 5.73 Å². The van der Waals surface area contributed by atoms with Crippen molar-refractivity contribution in [3.8, 4) is 0 Å². The monoisotopic (exact) mass is 203 g/mol. The third kappa shape index (κ3) is 1.34. The van der Waals surface area contributed by atoms with Gasteiger partial charge in [0, 0.05) is 11.1 Å². The molecular formula is C9H8F3NO. The zero-order valence-corrected chi connectivity index (χ0v) is 7.62. The van der Waals surface area contributed by atoms with E-state index >= 15 is 0 Å². The normalized spacial score (nSPS) is 10.4. The Hall–Kier alpha value is -1.52. The van der Waals surface area contributed by atoms with Gasteiger partial charge in [0.25, 0.3) is 5.91 Å². The average Bonchev–Trinajstić information content (AvgIpc) is 2.11. The summed E-state index contributed by atoms with van der Waals surface area (Å²) in [6, 6.07) is 0. The molecule has 1 amide bonds. The number of amides is 1. The molecule has 14 heavy (non-hydrogen) atoms. The lowest BCUT2D eigenvalue weighted by atomic mass is 10.0. The van der Waals surface area contributed by atoms with E-state index < -0.39 is 34.5 Å². The van der Waals surface area contributed by atoms with Gasteiger partial charge in [0.2, 0.25) is 0 Å². The average molecular weight is 203 g/mol. The van der Waals surface area contributed by atoms with Crippen LogP contribution in [0.5, 0.6) is 0 Å². The second-order valence-corrected chi connectivity index (χ2v) is 2.93. The first kappa shape index (κ1) is 10.6. The largest absolute Gasteiger partial charge is 0.365 e. The van der Waals surface area contributed by atoms with Crippen molar-refractivity contribution in [1.82, 2.24) is 0 Å². The maximum Gasteiger partial charge on any atom is 0.252 e. The van der Waals surface area contributed by atoms with Gasteiger partial charge in [-0.05, 0) is 13.8 Å². The third-order valence-corrected chi connectivity index (χ3v) is 2.02. The lowest BCUT2D eigenvalue weighted by Gasteiger charge is -2.08. The number of hydrogen-bond donors (Lipinski definition) is 1. The number of benzene rings is 1. The van der Waals surface area contributed by atoms with E-state index in [4.69, 9.17) is 5.73 Å². The molecule has 0 unspecified atom stereocenters. The van der Waals surface area contributed by atoms with Crippen LogP contribution in [-0.2, 0) is 0 Å². The molecule has 0 radical (unpaired) electrons. The van der Waals surface area contributed by atoms with Crippen LogP contribution in [-0.4, -0.2) is 5.91 Å². The van der Waals surface area contributed by atoms with Gasteiger partial charge in [0.05, 0.1) is 5.56 Å². The van der Waals surface area contributed by atoms with Gasteiger partial charge < -0.3 is 5.73 Å². The Morgan fingerprint density at radius 2 is 1.50 bits per heavy atom. The number of primary amides is 1. The molecule has 1 rings (SSSR count). The number of carbonyl (C=O) groups excluding carboxylic acids is 1. The van der Waals surface area contributed by atoms with E-state index in [0.29, 0.717) is 0 Å². The van der Waals surface area contributed by atoms with Crippen molar-refractivity contribution >= 4 is 5.91 Å². The molecule has 2 N–H and O–H groups in total. The number of hydrogen-bond acceptors (Lipinski definition) is 1. The lowest BCUT2D eigenvalue weighted by Crippen LogP contribution is -2.18. The van der Waals surface area contributed by atoms with Gasteiger partial charge in [-0.25, -0.2) is 13.2 Å². The number of nitrogens with two attached hydrogens (primary N) is 1. The van der Waals surface area contributed by atoms with E-state index in [1.807, 2.05) is 0 Å². The minimum atomic E-state index is -1.39. The zero-order valence-electron chi connectivity index (χ0n) is 7.62. The summed E-state index contributed by atoms with van der Waals surface area (Å²) in [6.45, 7) is 2.26. The van der Waals surface area contributed by atoms with Crippen LogP contribution in [0.1, 0.15) is 21.5 Å². The van der Waals surface area contributed by atoms with Crippen LogP contribution in [0.15, 0.2) is 0 Å².